The van der Waals surface area contributed by atoms with Crippen LogP contribution in [0.5, 0.6) is 0 Å². The summed E-state index contributed by atoms with van der Waals surface area (Å²) in [6.07, 6.45) is 11.0. The average molecular weight is 187 g/mol. The van der Waals surface area contributed by atoms with Crippen molar-refractivity contribution in [2.24, 2.45) is 5.92 Å². The molecule has 14 heavy (non-hydrogen) atoms. The number of hydrogen-bond acceptors (Lipinski definition) is 1. The van der Waals surface area contributed by atoms with Gasteiger partial charge in [-0.2, -0.15) is 0 Å². The lowest BCUT2D eigenvalue weighted by Gasteiger charge is -2.31. The van der Waals surface area contributed by atoms with Crippen LogP contribution in [0.1, 0.15) is 32.3 Å². The fourth-order valence-corrected chi connectivity index (χ4v) is 2.23. The Morgan fingerprint density at radius 2 is 2.00 bits per heavy atom. The van der Waals surface area contributed by atoms with Gasteiger partial charge in [0.25, 0.3) is 0 Å². The Morgan fingerprint density at radius 1 is 1.29 bits per heavy atom. The first kappa shape index (κ1) is 9.45. The molecule has 0 saturated carbocycles. The Kier molecular flexibility index (Phi) is 2.40. The molecule has 0 bridgehead atoms. The van der Waals surface area contributed by atoms with Crippen molar-refractivity contribution in [1.29, 1.82) is 0 Å². The molecule has 1 aliphatic rings. The Morgan fingerprint density at radius 3 is 2.57 bits per heavy atom. The summed E-state index contributed by atoms with van der Waals surface area (Å²) < 4.78 is 0. The first-order chi connectivity index (χ1) is 6.71. The van der Waals surface area contributed by atoms with Gasteiger partial charge in [-0.15, -0.1) is 0 Å². The van der Waals surface area contributed by atoms with E-state index in [-0.39, 0.29) is 5.41 Å². The highest BCUT2D eigenvalue weighted by Crippen LogP contribution is 2.37. The predicted molar refractivity (Wildman–Crippen MR) is 59.1 cm³/mol. The summed E-state index contributed by atoms with van der Waals surface area (Å²) >= 11 is 0. The smallest absolute Gasteiger partial charge is 0.0270 e. The van der Waals surface area contributed by atoms with Crippen LogP contribution in [0.15, 0.2) is 36.7 Å². The van der Waals surface area contributed by atoms with Crippen LogP contribution in [-0.2, 0) is 5.41 Å². The Balaban J connectivity index is 2.27. The quantitative estimate of drug-likeness (QED) is 0.647. The van der Waals surface area contributed by atoms with Crippen molar-refractivity contribution in [3.63, 3.8) is 0 Å². The van der Waals surface area contributed by atoms with Crippen LogP contribution in [0.3, 0.4) is 0 Å². The van der Waals surface area contributed by atoms with Crippen LogP contribution >= 0.6 is 0 Å². The van der Waals surface area contributed by atoms with Gasteiger partial charge in [0.15, 0.2) is 0 Å². The fourth-order valence-electron chi connectivity index (χ4n) is 2.23. The van der Waals surface area contributed by atoms with Crippen LogP contribution in [0, 0.1) is 5.92 Å². The molecule has 74 valence electrons. The molecule has 0 radical (unpaired) electrons. The first-order valence-electron chi connectivity index (χ1n) is 5.28. The van der Waals surface area contributed by atoms with E-state index < -0.39 is 0 Å². The normalized spacial score (nSPS) is 21.4. The third-order valence-electron chi connectivity index (χ3n) is 3.36. The maximum Gasteiger partial charge on any atom is 0.0270 e. The molecule has 0 N–H and O–H groups in total. The third-order valence-corrected chi connectivity index (χ3v) is 3.36. The molecule has 1 aliphatic carbocycles. The van der Waals surface area contributed by atoms with Gasteiger partial charge in [0.2, 0.25) is 0 Å². The zero-order valence-electron chi connectivity index (χ0n) is 8.90. The summed E-state index contributed by atoms with van der Waals surface area (Å²) in [6, 6.07) is 4.26. The summed E-state index contributed by atoms with van der Waals surface area (Å²) in [5, 5.41) is 0. The summed E-state index contributed by atoms with van der Waals surface area (Å²) in [5.74, 6) is 0.685. The third kappa shape index (κ3) is 1.59. The minimum Gasteiger partial charge on any atom is -0.265 e. The van der Waals surface area contributed by atoms with Gasteiger partial charge in [0.05, 0.1) is 0 Å². The number of allylic oxidation sites excluding steroid dienone is 2. The molecular weight excluding hydrogens is 170 g/mol. The molecular formula is C13H17N. The van der Waals surface area contributed by atoms with Gasteiger partial charge in [-0.3, -0.25) is 4.98 Å². The molecule has 0 amide bonds. The second-order valence-electron chi connectivity index (χ2n) is 4.57. The molecule has 1 atom stereocenters. The second kappa shape index (κ2) is 3.56. The van der Waals surface area contributed by atoms with Crippen LogP contribution in [0.2, 0.25) is 0 Å². The van der Waals surface area contributed by atoms with Crippen molar-refractivity contribution >= 4 is 0 Å². The second-order valence-corrected chi connectivity index (χ2v) is 4.57. The Hall–Kier alpha value is -1.11. The Bertz CT molecular complexity index is 324. The van der Waals surface area contributed by atoms with E-state index in [0.717, 1.165) is 0 Å². The van der Waals surface area contributed by atoms with Crippen LogP contribution < -0.4 is 0 Å². The molecule has 0 saturated heterocycles. The SMILES string of the molecule is CC(C)(c1ccncc1)C1C=CCC1. The van der Waals surface area contributed by atoms with Crippen molar-refractivity contribution in [3.05, 3.63) is 42.2 Å². The fraction of sp³-hybridized carbons (Fsp3) is 0.462. The molecule has 0 spiro atoms. The average Bonchev–Trinajstić information content (AvgIpc) is 2.72. The highest BCUT2D eigenvalue weighted by atomic mass is 14.6. The van der Waals surface area contributed by atoms with Gasteiger partial charge < -0.3 is 0 Å². The number of nitrogens with zero attached hydrogens (tertiary/aromatic N) is 1. The molecule has 1 nitrogen and oxygen atoms in total. The minimum atomic E-state index is 0.246. The zero-order valence-corrected chi connectivity index (χ0v) is 8.90. The summed E-state index contributed by atoms with van der Waals surface area (Å²) in [5.41, 5.74) is 1.64. The van der Waals surface area contributed by atoms with E-state index in [2.05, 4.69) is 43.1 Å². The number of pyridine rings is 1. The molecule has 0 aliphatic heterocycles. The summed E-state index contributed by atoms with van der Waals surface area (Å²) in [7, 11) is 0. The number of hydrogen-bond donors (Lipinski definition) is 0. The van der Waals surface area contributed by atoms with Crippen molar-refractivity contribution in [2.75, 3.05) is 0 Å². The zero-order chi connectivity index (χ0) is 10.0. The molecule has 1 aromatic heterocycles. The Labute approximate surface area is 85.9 Å². The lowest BCUT2D eigenvalue weighted by Crippen LogP contribution is -2.25. The number of aromatic nitrogens is 1. The lowest BCUT2D eigenvalue weighted by atomic mass is 9.73. The lowest BCUT2D eigenvalue weighted by molar-refractivity contribution is 0.377. The van der Waals surface area contributed by atoms with Gasteiger partial charge >= 0.3 is 0 Å². The van der Waals surface area contributed by atoms with Crippen molar-refractivity contribution in [1.82, 2.24) is 4.98 Å². The van der Waals surface area contributed by atoms with Gasteiger partial charge in [-0.05, 0) is 41.9 Å². The van der Waals surface area contributed by atoms with E-state index in [1.165, 1.54) is 18.4 Å². The first-order valence-corrected chi connectivity index (χ1v) is 5.28. The topological polar surface area (TPSA) is 12.9 Å². The van der Waals surface area contributed by atoms with E-state index in [0.29, 0.717) is 5.92 Å². The molecule has 1 heteroatoms. The van der Waals surface area contributed by atoms with Crippen molar-refractivity contribution in [2.45, 2.75) is 32.1 Å². The molecule has 2 rings (SSSR count). The van der Waals surface area contributed by atoms with Crippen LogP contribution in [-0.4, -0.2) is 4.98 Å². The predicted octanol–water partition coefficient (Wildman–Crippen LogP) is 3.33. The van der Waals surface area contributed by atoms with Gasteiger partial charge in [-0.1, -0.05) is 26.0 Å². The minimum absolute atomic E-state index is 0.246. The molecule has 1 heterocycles. The summed E-state index contributed by atoms with van der Waals surface area (Å²) in [6.45, 7) is 4.64. The largest absolute Gasteiger partial charge is 0.265 e. The standard InChI is InChI=1S/C13H17N/c1-13(2,11-5-3-4-6-11)12-7-9-14-10-8-12/h3,5,7-11H,4,6H2,1-2H3. The van der Waals surface area contributed by atoms with Gasteiger partial charge in [0.1, 0.15) is 0 Å². The van der Waals surface area contributed by atoms with Gasteiger partial charge in [-0.25, -0.2) is 0 Å². The summed E-state index contributed by atoms with van der Waals surface area (Å²) in [4.78, 5) is 4.07. The van der Waals surface area contributed by atoms with E-state index in [9.17, 15) is 0 Å². The molecule has 1 unspecified atom stereocenters. The van der Waals surface area contributed by atoms with E-state index in [4.69, 9.17) is 0 Å². The highest BCUT2D eigenvalue weighted by molar-refractivity contribution is 5.25. The maximum absolute atomic E-state index is 4.07. The van der Waals surface area contributed by atoms with E-state index >= 15 is 0 Å². The monoisotopic (exact) mass is 187 g/mol. The van der Waals surface area contributed by atoms with Gasteiger partial charge in [0, 0.05) is 12.4 Å². The van der Waals surface area contributed by atoms with Crippen LogP contribution in [0.25, 0.3) is 0 Å². The highest BCUT2D eigenvalue weighted by Gasteiger charge is 2.30. The maximum atomic E-state index is 4.07. The van der Waals surface area contributed by atoms with Crippen molar-refractivity contribution in [3.8, 4) is 0 Å². The van der Waals surface area contributed by atoms with E-state index in [1.54, 1.807) is 0 Å². The number of rotatable bonds is 2. The molecule has 1 aromatic rings. The van der Waals surface area contributed by atoms with Crippen molar-refractivity contribution < 1.29 is 0 Å². The molecule has 0 fully saturated rings. The van der Waals surface area contributed by atoms with Crippen LogP contribution in [0.4, 0.5) is 0 Å². The van der Waals surface area contributed by atoms with E-state index in [1.807, 2.05) is 12.4 Å². The molecule has 0 aromatic carbocycles.